The van der Waals surface area contributed by atoms with Gasteiger partial charge < -0.3 is 10.2 Å². The van der Waals surface area contributed by atoms with Crippen LogP contribution < -0.4 is 5.32 Å². The summed E-state index contributed by atoms with van der Waals surface area (Å²) in [7, 11) is 0. The van der Waals surface area contributed by atoms with Crippen LogP contribution in [0.4, 0.5) is 5.69 Å². The Kier molecular flexibility index (Phi) is 5.51. The summed E-state index contributed by atoms with van der Waals surface area (Å²) < 4.78 is 0. The highest BCUT2D eigenvalue weighted by Gasteiger charge is 2.34. The van der Waals surface area contributed by atoms with Gasteiger partial charge in [0.05, 0.1) is 5.88 Å². The maximum atomic E-state index is 12.5. The predicted molar refractivity (Wildman–Crippen MR) is 92.0 cm³/mol. The van der Waals surface area contributed by atoms with Crippen molar-refractivity contribution in [3.05, 3.63) is 29.3 Å². The fourth-order valence-corrected chi connectivity index (χ4v) is 3.60. The monoisotopic (exact) mass is 320 g/mol. The molecule has 2 amide bonds. The predicted octanol–water partition coefficient (Wildman–Crippen LogP) is 3.19. The highest BCUT2D eigenvalue weighted by atomic mass is 32.2. The smallest absolute Gasteiger partial charge is 0.248 e. The molecular weight excluding hydrogens is 296 g/mol. The van der Waals surface area contributed by atoms with Gasteiger partial charge in [-0.1, -0.05) is 19.9 Å². The summed E-state index contributed by atoms with van der Waals surface area (Å²) >= 11 is 1.63. The first-order chi connectivity index (χ1) is 10.4. The third-order valence-electron chi connectivity index (χ3n) is 3.86. The number of amides is 2. The van der Waals surface area contributed by atoms with Gasteiger partial charge in [0.1, 0.15) is 6.04 Å². The number of nitrogens with one attached hydrogen (secondary N) is 1. The standard InChI is InChI=1S/C17H24N2O2S/c1-11(2)7-16(20)19-10-22-9-15(19)17(21)18-14-6-5-12(3)13(4)8-14/h5-6,8,11,15H,7,9-10H2,1-4H3,(H,18,21). The van der Waals surface area contributed by atoms with Crippen molar-refractivity contribution in [1.82, 2.24) is 4.90 Å². The molecule has 22 heavy (non-hydrogen) atoms. The van der Waals surface area contributed by atoms with Crippen molar-refractivity contribution >= 4 is 29.3 Å². The molecule has 1 aromatic carbocycles. The number of carbonyl (C=O) groups is 2. The number of aryl methyl sites for hydroxylation is 2. The van der Waals surface area contributed by atoms with Crippen LogP contribution in [-0.4, -0.2) is 34.4 Å². The van der Waals surface area contributed by atoms with Gasteiger partial charge in [0.15, 0.2) is 0 Å². The molecule has 0 aliphatic carbocycles. The van der Waals surface area contributed by atoms with Crippen molar-refractivity contribution in [1.29, 1.82) is 0 Å². The molecule has 2 rings (SSSR count). The van der Waals surface area contributed by atoms with Gasteiger partial charge in [-0.05, 0) is 43.0 Å². The van der Waals surface area contributed by atoms with E-state index < -0.39 is 0 Å². The summed E-state index contributed by atoms with van der Waals surface area (Å²) in [4.78, 5) is 26.5. The number of carbonyl (C=O) groups excluding carboxylic acids is 2. The zero-order valence-corrected chi connectivity index (χ0v) is 14.5. The van der Waals surface area contributed by atoms with Crippen LogP contribution in [0.3, 0.4) is 0 Å². The van der Waals surface area contributed by atoms with E-state index in [2.05, 4.69) is 5.32 Å². The molecule has 1 N–H and O–H groups in total. The summed E-state index contributed by atoms with van der Waals surface area (Å²) in [6.07, 6.45) is 0.494. The van der Waals surface area contributed by atoms with Gasteiger partial charge in [0, 0.05) is 17.9 Å². The Morgan fingerprint density at radius 2 is 2.05 bits per heavy atom. The van der Waals surface area contributed by atoms with Crippen molar-refractivity contribution in [2.24, 2.45) is 5.92 Å². The lowest BCUT2D eigenvalue weighted by molar-refractivity contribution is -0.136. The number of hydrogen-bond donors (Lipinski definition) is 1. The van der Waals surface area contributed by atoms with Gasteiger partial charge >= 0.3 is 0 Å². The number of benzene rings is 1. The largest absolute Gasteiger partial charge is 0.324 e. The first kappa shape index (κ1) is 16.9. The van der Waals surface area contributed by atoms with Crippen LogP contribution in [0.25, 0.3) is 0 Å². The Morgan fingerprint density at radius 3 is 2.68 bits per heavy atom. The maximum Gasteiger partial charge on any atom is 0.248 e. The van der Waals surface area contributed by atoms with Crippen LogP contribution in [-0.2, 0) is 9.59 Å². The van der Waals surface area contributed by atoms with E-state index in [0.29, 0.717) is 24.0 Å². The van der Waals surface area contributed by atoms with Crippen LogP contribution in [0.2, 0.25) is 0 Å². The van der Waals surface area contributed by atoms with Crippen LogP contribution in [0.15, 0.2) is 18.2 Å². The van der Waals surface area contributed by atoms with E-state index in [1.165, 1.54) is 5.56 Å². The number of thioether (sulfide) groups is 1. The lowest BCUT2D eigenvalue weighted by Gasteiger charge is -2.24. The van der Waals surface area contributed by atoms with E-state index in [-0.39, 0.29) is 17.9 Å². The Labute approximate surface area is 136 Å². The molecule has 1 heterocycles. The van der Waals surface area contributed by atoms with E-state index in [1.807, 2.05) is 45.9 Å². The van der Waals surface area contributed by atoms with Crippen LogP contribution in [0.1, 0.15) is 31.4 Å². The second kappa shape index (κ2) is 7.18. The van der Waals surface area contributed by atoms with Crippen LogP contribution >= 0.6 is 11.8 Å². The first-order valence-corrected chi connectivity index (χ1v) is 8.79. The summed E-state index contributed by atoms with van der Waals surface area (Å²) in [5.41, 5.74) is 3.13. The Bertz CT molecular complexity index is 572. The van der Waals surface area contributed by atoms with E-state index in [9.17, 15) is 9.59 Å². The van der Waals surface area contributed by atoms with Crippen molar-refractivity contribution in [2.45, 2.75) is 40.2 Å². The van der Waals surface area contributed by atoms with Crippen LogP contribution in [0, 0.1) is 19.8 Å². The van der Waals surface area contributed by atoms with Crippen molar-refractivity contribution in [3.8, 4) is 0 Å². The fraction of sp³-hybridized carbons (Fsp3) is 0.529. The molecule has 0 bridgehead atoms. The van der Waals surface area contributed by atoms with Gasteiger partial charge in [0.2, 0.25) is 11.8 Å². The molecule has 0 saturated carbocycles. The second-order valence-electron chi connectivity index (χ2n) is 6.27. The van der Waals surface area contributed by atoms with Gasteiger partial charge in [0.25, 0.3) is 0 Å². The number of hydrogen-bond acceptors (Lipinski definition) is 3. The quantitative estimate of drug-likeness (QED) is 0.927. The van der Waals surface area contributed by atoms with Gasteiger partial charge in [-0.25, -0.2) is 0 Å². The summed E-state index contributed by atoms with van der Waals surface area (Å²) in [5.74, 6) is 1.56. The molecule has 0 spiro atoms. The molecule has 0 radical (unpaired) electrons. The lowest BCUT2D eigenvalue weighted by atomic mass is 10.1. The molecule has 5 heteroatoms. The third kappa shape index (κ3) is 4.03. The topological polar surface area (TPSA) is 49.4 Å². The molecule has 1 atom stereocenters. The number of rotatable bonds is 4. The SMILES string of the molecule is Cc1ccc(NC(=O)C2CSCN2C(=O)CC(C)C)cc1C. The molecule has 1 aliphatic heterocycles. The molecular formula is C17H24N2O2S. The Hall–Kier alpha value is -1.49. The molecule has 1 unspecified atom stereocenters. The van der Waals surface area contributed by atoms with Gasteiger partial charge in [-0.15, -0.1) is 11.8 Å². The van der Waals surface area contributed by atoms with E-state index in [0.717, 1.165) is 11.3 Å². The average Bonchev–Trinajstić information content (AvgIpc) is 2.91. The van der Waals surface area contributed by atoms with Crippen LogP contribution in [0.5, 0.6) is 0 Å². The number of nitrogens with zero attached hydrogens (tertiary/aromatic N) is 1. The van der Waals surface area contributed by atoms with Gasteiger partial charge in [-0.3, -0.25) is 9.59 Å². The Morgan fingerprint density at radius 1 is 1.32 bits per heavy atom. The van der Waals surface area contributed by atoms with E-state index in [4.69, 9.17) is 0 Å². The first-order valence-electron chi connectivity index (χ1n) is 7.64. The zero-order valence-electron chi connectivity index (χ0n) is 13.7. The summed E-state index contributed by atoms with van der Waals surface area (Å²) in [6.45, 7) is 8.10. The van der Waals surface area contributed by atoms with Crippen molar-refractivity contribution in [3.63, 3.8) is 0 Å². The minimum absolute atomic E-state index is 0.0697. The normalized spacial score (nSPS) is 17.9. The second-order valence-corrected chi connectivity index (χ2v) is 7.27. The van der Waals surface area contributed by atoms with E-state index >= 15 is 0 Å². The molecule has 4 nitrogen and oxygen atoms in total. The molecule has 0 aromatic heterocycles. The number of anilines is 1. The molecule has 120 valence electrons. The highest BCUT2D eigenvalue weighted by molar-refractivity contribution is 7.99. The average molecular weight is 320 g/mol. The van der Waals surface area contributed by atoms with E-state index in [1.54, 1.807) is 16.7 Å². The molecule has 1 saturated heterocycles. The highest BCUT2D eigenvalue weighted by Crippen LogP contribution is 2.24. The zero-order chi connectivity index (χ0) is 16.3. The molecule has 1 aromatic rings. The summed E-state index contributed by atoms with van der Waals surface area (Å²) in [6, 6.07) is 5.51. The minimum atomic E-state index is -0.363. The lowest BCUT2D eigenvalue weighted by Crippen LogP contribution is -2.44. The molecule has 1 aliphatic rings. The minimum Gasteiger partial charge on any atom is -0.324 e. The summed E-state index contributed by atoms with van der Waals surface area (Å²) in [5, 5.41) is 2.94. The van der Waals surface area contributed by atoms with Crippen molar-refractivity contribution in [2.75, 3.05) is 16.9 Å². The maximum absolute atomic E-state index is 12.5. The van der Waals surface area contributed by atoms with Gasteiger partial charge in [-0.2, -0.15) is 0 Å². The van der Waals surface area contributed by atoms with Crippen molar-refractivity contribution < 1.29 is 9.59 Å². The molecule has 1 fully saturated rings. The fourth-order valence-electron chi connectivity index (χ4n) is 2.42. The Balaban J connectivity index is 2.04. The third-order valence-corrected chi connectivity index (χ3v) is 4.87.